The van der Waals surface area contributed by atoms with E-state index in [9.17, 15) is 10.2 Å². The first kappa shape index (κ1) is 17.8. The quantitative estimate of drug-likeness (QED) is 0.597. The van der Waals surface area contributed by atoms with Gasteiger partial charge in [0.15, 0.2) is 0 Å². The molecule has 1 saturated carbocycles. The minimum atomic E-state index is -0.911. The molecular formula is C22H22N6O2. The smallest absolute Gasteiger partial charge is 0.148 e. The van der Waals surface area contributed by atoms with Crippen molar-refractivity contribution in [1.82, 2.24) is 19.4 Å². The number of aliphatic hydroxyl groups excluding tert-OH is 1. The lowest BCUT2D eigenvalue weighted by atomic mass is 9.84. The number of nitrogens with two attached hydrogens (primary N) is 1. The summed E-state index contributed by atoms with van der Waals surface area (Å²) in [6.07, 6.45) is 6.18. The predicted octanol–water partition coefficient (Wildman–Crippen LogP) is 0.865. The van der Waals surface area contributed by atoms with Gasteiger partial charge in [0, 0.05) is 37.1 Å². The minimum Gasteiger partial charge on any atom is -0.392 e. The van der Waals surface area contributed by atoms with Crippen molar-refractivity contribution in [2.75, 3.05) is 13.1 Å². The number of rotatable bonds is 4. The fourth-order valence-electron chi connectivity index (χ4n) is 4.92. The third kappa shape index (κ3) is 2.35. The highest BCUT2D eigenvalue weighted by Crippen LogP contribution is 2.62. The van der Waals surface area contributed by atoms with Crippen molar-refractivity contribution in [1.29, 1.82) is 0 Å². The van der Waals surface area contributed by atoms with Crippen LogP contribution in [0.25, 0.3) is 5.69 Å². The van der Waals surface area contributed by atoms with Gasteiger partial charge in [-0.1, -0.05) is 24.3 Å². The predicted molar refractivity (Wildman–Crippen MR) is 110 cm³/mol. The van der Waals surface area contributed by atoms with Crippen LogP contribution in [-0.2, 0) is 12.2 Å². The van der Waals surface area contributed by atoms with Crippen LogP contribution in [0, 0.1) is 0 Å². The second-order valence-electron chi connectivity index (χ2n) is 8.43. The van der Waals surface area contributed by atoms with E-state index in [0.29, 0.717) is 18.9 Å². The highest BCUT2D eigenvalue weighted by atomic mass is 16.3. The zero-order chi connectivity index (χ0) is 20.5. The molecule has 1 aliphatic carbocycles. The van der Waals surface area contributed by atoms with Gasteiger partial charge in [-0.2, -0.15) is 0 Å². The van der Waals surface area contributed by atoms with Crippen molar-refractivity contribution in [3.05, 3.63) is 77.6 Å². The Kier molecular flexibility index (Phi) is 3.54. The van der Waals surface area contributed by atoms with Crippen LogP contribution in [0.15, 0.2) is 60.1 Å². The van der Waals surface area contributed by atoms with Gasteiger partial charge in [-0.05, 0) is 29.7 Å². The van der Waals surface area contributed by atoms with Gasteiger partial charge in [-0.15, -0.1) is 0 Å². The van der Waals surface area contributed by atoms with Gasteiger partial charge in [0.2, 0.25) is 0 Å². The molecule has 4 heterocycles. The van der Waals surface area contributed by atoms with Crippen LogP contribution in [0.4, 0.5) is 0 Å². The molecule has 0 amide bonds. The second kappa shape index (κ2) is 5.98. The Morgan fingerprint density at radius 3 is 2.53 bits per heavy atom. The summed E-state index contributed by atoms with van der Waals surface area (Å²) in [5, 5.41) is 20.4. The lowest BCUT2D eigenvalue weighted by Crippen LogP contribution is -2.64. The Labute approximate surface area is 173 Å². The molecule has 3 aliphatic rings. The van der Waals surface area contributed by atoms with Crippen LogP contribution in [0.1, 0.15) is 34.9 Å². The maximum Gasteiger partial charge on any atom is 0.148 e. The van der Waals surface area contributed by atoms with Gasteiger partial charge in [-0.3, -0.25) is 9.88 Å². The third-order valence-electron chi connectivity index (χ3n) is 6.66. The van der Waals surface area contributed by atoms with E-state index in [1.165, 1.54) is 0 Å². The number of aliphatic imine (C=N–C) groups is 1. The summed E-state index contributed by atoms with van der Waals surface area (Å²) in [6.45, 7) is 0.992. The van der Waals surface area contributed by atoms with Crippen molar-refractivity contribution in [3.63, 3.8) is 0 Å². The molecule has 0 radical (unpaired) electrons. The minimum absolute atomic E-state index is 0.00287. The molecule has 3 aromatic rings. The number of benzene rings is 1. The highest BCUT2D eigenvalue weighted by Gasteiger charge is 2.67. The fraction of sp³-hybridized carbons (Fsp3) is 0.318. The number of amidine groups is 1. The van der Waals surface area contributed by atoms with E-state index in [4.69, 9.17) is 10.7 Å². The molecule has 4 N–H and O–H groups in total. The van der Waals surface area contributed by atoms with Gasteiger partial charge in [0.05, 0.1) is 12.3 Å². The van der Waals surface area contributed by atoms with Gasteiger partial charge < -0.3 is 20.5 Å². The number of aliphatic hydroxyl groups is 2. The molecule has 2 aliphatic heterocycles. The van der Waals surface area contributed by atoms with Gasteiger partial charge in [-0.25, -0.2) is 9.98 Å². The lowest BCUT2D eigenvalue weighted by molar-refractivity contribution is -0.127. The first-order valence-corrected chi connectivity index (χ1v) is 10.1. The van der Waals surface area contributed by atoms with Crippen LogP contribution >= 0.6 is 0 Å². The summed E-state index contributed by atoms with van der Waals surface area (Å²) in [5.74, 6) is 0.645. The zero-order valence-corrected chi connectivity index (χ0v) is 16.3. The van der Waals surface area contributed by atoms with Crippen molar-refractivity contribution in [2.24, 2.45) is 10.7 Å². The molecular weight excluding hydrogens is 380 g/mol. The number of likely N-dealkylation sites (tertiary alicyclic amines) is 1. The Hall–Kier alpha value is -3.07. The topological polar surface area (TPSA) is 113 Å². The fourth-order valence-corrected chi connectivity index (χ4v) is 4.92. The van der Waals surface area contributed by atoms with E-state index >= 15 is 0 Å². The number of fused-ring (bicyclic) bond motifs is 3. The van der Waals surface area contributed by atoms with E-state index in [1.807, 2.05) is 36.4 Å². The molecule has 2 unspecified atom stereocenters. The Balaban J connectivity index is 1.29. The molecule has 1 aromatic carbocycles. The SMILES string of the molecule is NC1=NC2(N3CC(O)(c4ccc(CO)cc4)C3)CC2c2c1ncn2-c1ccncc1. The largest absolute Gasteiger partial charge is 0.392 e. The van der Waals surface area contributed by atoms with Crippen LogP contribution in [0.5, 0.6) is 0 Å². The molecule has 2 fully saturated rings. The van der Waals surface area contributed by atoms with Crippen LogP contribution < -0.4 is 5.73 Å². The highest BCUT2D eigenvalue weighted by molar-refractivity contribution is 5.99. The maximum atomic E-state index is 11.1. The lowest BCUT2D eigenvalue weighted by Gasteiger charge is -2.50. The van der Waals surface area contributed by atoms with Crippen molar-refractivity contribution in [2.45, 2.75) is 30.2 Å². The molecule has 0 spiro atoms. The van der Waals surface area contributed by atoms with Crippen LogP contribution in [0.2, 0.25) is 0 Å². The van der Waals surface area contributed by atoms with E-state index in [2.05, 4.69) is 19.4 Å². The molecule has 0 bridgehead atoms. The summed E-state index contributed by atoms with van der Waals surface area (Å²) in [7, 11) is 0. The molecule has 8 heteroatoms. The summed E-state index contributed by atoms with van der Waals surface area (Å²) in [5.41, 5.74) is 9.53. The molecule has 152 valence electrons. The summed E-state index contributed by atoms with van der Waals surface area (Å²) in [6, 6.07) is 11.4. The third-order valence-corrected chi connectivity index (χ3v) is 6.66. The van der Waals surface area contributed by atoms with E-state index < -0.39 is 11.3 Å². The van der Waals surface area contributed by atoms with Gasteiger partial charge in [0.1, 0.15) is 29.1 Å². The normalized spacial score (nSPS) is 26.3. The maximum absolute atomic E-state index is 11.1. The Morgan fingerprint density at radius 2 is 1.83 bits per heavy atom. The summed E-state index contributed by atoms with van der Waals surface area (Å²) in [4.78, 5) is 15.7. The van der Waals surface area contributed by atoms with Crippen molar-refractivity contribution >= 4 is 5.84 Å². The first-order chi connectivity index (χ1) is 14.5. The Bertz CT molecular complexity index is 1150. The van der Waals surface area contributed by atoms with E-state index in [1.54, 1.807) is 18.7 Å². The molecule has 8 nitrogen and oxygen atoms in total. The van der Waals surface area contributed by atoms with Gasteiger partial charge in [0.25, 0.3) is 0 Å². The molecule has 1 saturated heterocycles. The molecule has 2 aromatic heterocycles. The van der Waals surface area contributed by atoms with E-state index in [-0.39, 0.29) is 12.5 Å². The number of hydrogen-bond donors (Lipinski definition) is 3. The van der Waals surface area contributed by atoms with Crippen LogP contribution in [-0.4, -0.2) is 54.2 Å². The average molecular weight is 402 g/mol. The number of imidazole rings is 1. The van der Waals surface area contributed by atoms with Crippen molar-refractivity contribution < 1.29 is 10.2 Å². The molecule has 2 atom stereocenters. The number of nitrogens with zero attached hydrogens (tertiary/aromatic N) is 5. The number of pyridine rings is 1. The Morgan fingerprint density at radius 1 is 1.10 bits per heavy atom. The molecule has 30 heavy (non-hydrogen) atoms. The first-order valence-electron chi connectivity index (χ1n) is 10.1. The molecule has 6 rings (SSSR count). The number of β-amino-alcohol motifs (C(OH)–C–C–N with tert-alkyl or cyclic N) is 1. The second-order valence-corrected chi connectivity index (χ2v) is 8.43. The number of hydrogen-bond acceptors (Lipinski definition) is 7. The monoisotopic (exact) mass is 402 g/mol. The average Bonchev–Trinajstić information content (AvgIpc) is 3.30. The van der Waals surface area contributed by atoms with Crippen LogP contribution in [0.3, 0.4) is 0 Å². The standard InChI is InChI=1S/C22H22N6O2/c23-20-18-19(28(13-25-18)16-5-7-24-8-6-16)17-9-22(17,26-20)27-11-21(30,12-27)15-3-1-14(10-29)2-4-15/h1-8,13,17,29-30H,9-12H2,(H2,23,26). The van der Waals surface area contributed by atoms with Gasteiger partial charge >= 0.3 is 0 Å². The summed E-state index contributed by atoms with van der Waals surface area (Å²) >= 11 is 0. The summed E-state index contributed by atoms with van der Waals surface area (Å²) < 4.78 is 2.07. The number of aromatic nitrogens is 3. The van der Waals surface area contributed by atoms with E-state index in [0.717, 1.165) is 34.6 Å². The zero-order valence-electron chi connectivity index (χ0n) is 16.3. The van der Waals surface area contributed by atoms with Crippen molar-refractivity contribution in [3.8, 4) is 5.69 Å².